The molecule has 21 heavy (non-hydrogen) atoms. The first-order valence-corrected chi connectivity index (χ1v) is 7.20. The standard InChI is InChI=1S/C15H15BrFN3O/c1-2-19-15(21)11-5-4-10(18)8-14(11)20-13-6-3-9(17)7-12(13)16/h3-8,20H,2,18H2,1H3,(H,19,21). The summed E-state index contributed by atoms with van der Waals surface area (Å²) in [4.78, 5) is 12.0. The first-order valence-electron chi connectivity index (χ1n) is 6.41. The highest BCUT2D eigenvalue weighted by atomic mass is 79.9. The van der Waals surface area contributed by atoms with Crippen molar-refractivity contribution in [3.05, 3.63) is 52.3 Å². The quantitative estimate of drug-likeness (QED) is 0.736. The maximum atomic E-state index is 13.1. The molecule has 6 heteroatoms. The summed E-state index contributed by atoms with van der Waals surface area (Å²) in [6.07, 6.45) is 0. The Morgan fingerprint density at radius 3 is 2.67 bits per heavy atom. The first-order chi connectivity index (χ1) is 10.0. The minimum atomic E-state index is -0.344. The molecule has 0 radical (unpaired) electrons. The molecule has 4 nitrogen and oxygen atoms in total. The lowest BCUT2D eigenvalue weighted by Crippen LogP contribution is -2.23. The zero-order chi connectivity index (χ0) is 15.4. The van der Waals surface area contributed by atoms with Crippen molar-refractivity contribution in [1.29, 1.82) is 0 Å². The van der Waals surface area contributed by atoms with Gasteiger partial charge in [0.15, 0.2) is 0 Å². The molecule has 110 valence electrons. The van der Waals surface area contributed by atoms with Crippen LogP contribution in [0.4, 0.5) is 21.5 Å². The fourth-order valence-electron chi connectivity index (χ4n) is 1.86. The number of nitrogen functional groups attached to an aromatic ring is 1. The maximum Gasteiger partial charge on any atom is 0.253 e. The minimum Gasteiger partial charge on any atom is -0.399 e. The molecule has 0 atom stereocenters. The van der Waals surface area contributed by atoms with Crippen LogP contribution < -0.4 is 16.4 Å². The van der Waals surface area contributed by atoms with Crippen molar-refractivity contribution in [2.45, 2.75) is 6.92 Å². The SMILES string of the molecule is CCNC(=O)c1ccc(N)cc1Nc1ccc(F)cc1Br. The number of nitrogens with one attached hydrogen (secondary N) is 2. The Kier molecular flexibility index (Phi) is 4.80. The van der Waals surface area contributed by atoms with Gasteiger partial charge < -0.3 is 16.4 Å². The van der Waals surface area contributed by atoms with Gasteiger partial charge in [0.25, 0.3) is 5.91 Å². The summed E-state index contributed by atoms with van der Waals surface area (Å²) in [7, 11) is 0. The number of amides is 1. The first kappa shape index (κ1) is 15.3. The summed E-state index contributed by atoms with van der Waals surface area (Å²) < 4.78 is 13.7. The molecule has 0 fully saturated rings. The van der Waals surface area contributed by atoms with E-state index in [4.69, 9.17) is 5.73 Å². The monoisotopic (exact) mass is 351 g/mol. The third-order valence-electron chi connectivity index (χ3n) is 2.83. The predicted octanol–water partition coefficient (Wildman–Crippen LogP) is 3.66. The number of carbonyl (C=O) groups is 1. The van der Waals surface area contributed by atoms with Crippen LogP contribution in [-0.2, 0) is 0 Å². The Hall–Kier alpha value is -2.08. The van der Waals surface area contributed by atoms with Crippen molar-refractivity contribution in [3.63, 3.8) is 0 Å². The number of benzene rings is 2. The van der Waals surface area contributed by atoms with Crippen molar-refractivity contribution >= 4 is 38.9 Å². The van der Waals surface area contributed by atoms with Gasteiger partial charge in [-0.1, -0.05) is 0 Å². The highest BCUT2D eigenvalue weighted by molar-refractivity contribution is 9.10. The van der Waals surface area contributed by atoms with Gasteiger partial charge in [-0.25, -0.2) is 4.39 Å². The van der Waals surface area contributed by atoms with Gasteiger partial charge in [-0.05, 0) is 59.3 Å². The Morgan fingerprint density at radius 1 is 1.24 bits per heavy atom. The van der Waals surface area contributed by atoms with E-state index in [9.17, 15) is 9.18 Å². The van der Waals surface area contributed by atoms with Crippen molar-refractivity contribution in [1.82, 2.24) is 5.32 Å². The molecule has 0 bridgehead atoms. The summed E-state index contributed by atoms with van der Waals surface area (Å²) in [6.45, 7) is 2.38. The van der Waals surface area contributed by atoms with Crippen LogP contribution >= 0.6 is 15.9 Å². The molecule has 2 aromatic carbocycles. The predicted molar refractivity (Wildman–Crippen MR) is 86.2 cm³/mol. The van der Waals surface area contributed by atoms with Crippen LogP contribution in [0.25, 0.3) is 0 Å². The third kappa shape index (κ3) is 3.72. The van der Waals surface area contributed by atoms with E-state index >= 15 is 0 Å². The summed E-state index contributed by atoms with van der Waals surface area (Å²) in [5.41, 5.74) is 7.99. The summed E-state index contributed by atoms with van der Waals surface area (Å²) in [5, 5.41) is 5.83. The second kappa shape index (κ2) is 6.58. The number of halogens is 2. The molecule has 1 amide bonds. The second-order valence-corrected chi connectivity index (χ2v) is 5.27. The normalized spacial score (nSPS) is 10.2. The lowest BCUT2D eigenvalue weighted by Gasteiger charge is -2.14. The van der Waals surface area contributed by atoms with Crippen LogP contribution in [0.1, 0.15) is 17.3 Å². The van der Waals surface area contributed by atoms with Gasteiger partial charge in [0.2, 0.25) is 0 Å². The Bertz CT molecular complexity index is 676. The highest BCUT2D eigenvalue weighted by Crippen LogP contribution is 2.29. The average Bonchev–Trinajstić information content (AvgIpc) is 2.42. The molecule has 0 aliphatic heterocycles. The molecule has 0 saturated carbocycles. The smallest absolute Gasteiger partial charge is 0.253 e. The van der Waals surface area contributed by atoms with Gasteiger partial charge in [-0.3, -0.25) is 4.79 Å². The number of hydrogen-bond acceptors (Lipinski definition) is 3. The fourth-order valence-corrected chi connectivity index (χ4v) is 2.30. The minimum absolute atomic E-state index is 0.196. The second-order valence-electron chi connectivity index (χ2n) is 4.41. The molecular weight excluding hydrogens is 337 g/mol. The van der Waals surface area contributed by atoms with E-state index in [1.807, 2.05) is 6.92 Å². The van der Waals surface area contributed by atoms with Crippen molar-refractivity contribution in [3.8, 4) is 0 Å². The molecule has 0 spiro atoms. The van der Waals surface area contributed by atoms with Gasteiger partial charge >= 0.3 is 0 Å². The molecule has 0 aliphatic rings. The van der Waals surface area contributed by atoms with E-state index in [0.29, 0.717) is 33.6 Å². The Balaban J connectivity index is 2.38. The molecular formula is C15H15BrFN3O. The molecule has 0 heterocycles. The topological polar surface area (TPSA) is 67.2 Å². The lowest BCUT2D eigenvalue weighted by molar-refractivity contribution is 0.0956. The number of hydrogen-bond donors (Lipinski definition) is 3. The summed E-state index contributed by atoms with van der Waals surface area (Å²) >= 11 is 3.28. The largest absolute Gasteiger partial charge is 0.399 e. The zero-order valence-electron chi connectivity index (χ0n) is 11.4. The van der Waals surface area contributed by atoms with E-state index in [1.54, 1.807) is 24.3 Å². The van der Waals surface area contributed by atoms with Gasteiger partial charge in [0, 0.05) is 16.7 Å². The fraction of sp³-hybridized carbons (Fsp3) is 0.133. The lowest BCUT2D eigenvalue weighted by atomic mass is 10.1. The number of nitrogens with two attached hydrogens (primary N) is 1. The summed E-state index contributed by atoms with van der Waals surface area (Å²) in [5.74, 6) is -0.540. The molecule has 0 aliphatic carbocycles. The number of rotatable bonds is 4. The van der Waals surface area contributed by atoms with E-state index in [-0.39, 0.29) is 11.7 Å². The highest BCUT2D eigenvalue weighted by Gasteiger charge is 2.12. The van der Waals surface area contributed by atoms with E-state index in [2.05, 4.69) is 26.6 Å². The van der Waals surface area contributed by atoms with E-state index < -0.39 is 0 Å². The molecule has 2 aromatic rings. The third-order valence-corrected chi connectivity index (χ3v) is 3.48. The van der Waals surface area contributed by atoms with Gasteiger partial charge in [0.1, 0.15) is 5.82 Å². The molecule has 0 saturated heterocycles. The van der Waals surface area contributed by atoms with Crippen LogP contribution in [0.2, 0.25) is 0 Å². The Morgan fingerprint density at radius 2 is 2.00 bits per heavy atom. The van der Waals surface area contributed by atoms with Crippen molar-refractivity contribution in [2.75, 3.05) is 17.6 Å². The van der Waals surface area contributed by atoms with Crippen LogP contribution in [-0.4, -0.2) is 12.5 Å². The van der Waals surface area contributed by atoms with Crippen molar-refractivity contribution < 1.29 is 9.18 Å². The van der Waals surface area contributed by atoms with E-state index in [1.165, 1.54) is 12.1 Å². The number of carbonyl (C=O) groups excluding carboxylic acids is 1. The summed E-state index contributed by atoms with van der Waals surface area (Å²) in [6, 6.07) is 9.26. The maximum absolute atomic E-state index is 13.1. The van der Waals surface area contributed by atoms with Gasteiger partial charge in [-0.15, -0.1) is 0 Å². The van der Waals surface area contributed by atoms with E-state index in [0.717, 1.165) is 0 Å². The van der Waals surface area contributed by atoms with Crippen molar-refractivity contribution in [2.24, 2.45) is 0 Å². The van der Waals surface area contributed by atoms with Crippen LogP contribution in [0, 0.1) is 5.82 Å². The number of anilines is 3. The molecule has 0 unspecified atom stereocenters. The Labute approximate surface area is 130 Å². The van der Waals surface area contributed by atoms with Crippen LogP contribution in [0.3, 0.4) is 0 Å². The average molecular weight is 352 g/mol. The van der Waals surface area contributed by atoms with Crippen LogP contribution in [0.5, 0.6) is 0 Å². The molecule has 4 N–H and O–H groups in total. The van der Waals surface area contributed by atoms with Crippen LogP contribution in [0.15, 0.2) is 40.9 Å². The molecule has 0 aromatic heterocycles. The van der Waals surface area contributed by atoms with Gasteiger partial charge in [0.05, 0.1) is 16.9 Å². The molecule has 2 rings (SSSR count). The zero-order valence-corrected chi connectivity index (χ0v) is 13.0. The van der Waals surface area contributed by atoms with Gasteiger partial charge in [-0.2, -0.15) is 0 Å².